The van der Waals surface area contributed by atoms with Gasteiger partial charge in [0.2, 0.25) is 0 Å². The van der Waals surface area contributed by atoms with Gasteiger partial charge in [-0.25, -0.2) is 0 Å². The summed E-state index contributed by atoms with van der Waals surface area (Å²) in [6.07, 6.45) is 1.76. The first-order valence-electron chi connectivity index (χ1n) is 9.06. The summed E-state index contributed by atoms with van der Waals surface area (Å²) in [7, 11) is 0. The Balaban J connectivity index is 1.90. The molecule has 0 spiro atoms. The predicted molar refractivity (Wildman–Crippen MR) is 109 cm³/mol. The fraction of sp³-hybridized carbons (Fsp3) is 0.174. The maximum atomic E-state index is 13.0. The molecule has 0 saturated heterocycles. The van der Waals surface area contributed by atoms with Gasteiger partial charge < -0.3 is 10.6 Å². The highest BCUT2D eigenvalue weighted by Gasteiger charge is 2.15. The zero-order chi connectivity index (χ0) is 18.4. The summed E-state index contributed by atoms with van der Waals surface area (Å²) < 4.78 is 0. The van der Waals surface area contributed by atoms with Gasteiger partial charge in [-0.05, 0) is 48.2 Å². The van der Waals surface area contributed by atoms with Crippen molar-refractivity contribution in [1.82, 2.24) is 0 Å². The van der Waals surface area contributed by atoms with E-state index in [2.05, 4.69) is 42.7 Å². The van der Waals surface area contributed by atoms with Gasteiger partial charge in [-0.1, -0.05) is 62.4 Å². The van der Waals surface area contributed by atoms with Crippen LogP contribution in [-0.4, -0.2) is 5.91 Å². The van der Waals surface area contributed by atoms with Crippen LogP contribution in [0.4, 0.5) is 17.1 Å². The van der Waals surface area contributed by atoms with Gasteiger partial charge in [0.05, 0.1) is 11.3 Å². The third-order valence-electron chi connectivity index (χ3n) is 4.46. The van der Waals surface area contributed by atoms with Crippen LogP contribution in [0, 0.1) is 0 Å². The molecule has 0 heterocycles. The van der Waals surface area contributed by atoms with Crippen LogP contribution in [0.3, 0.4) is 0 Å². The monoisotopic (exact) mass is 344 g/mol. The van der Waals surface area contributed by atoms with E-state index in [-0.39, 0.29) is 5.91 Å². The molecule has 26 heavy (non-hydrogen) atoms. The van der Waals surface area contributed by atoms with Crippen LogP contribution in [-0.2, 0) is 12.8 Å². The van der Waals surface area contributed by atoms with Crippen molar-refractivity contribution in [1.29, 1.82) is 0 Å². The summed E-state index contributed by atoms with van der Waals surface area (Å²) in [4.78, 5) is 13.0. The summed E-state index contributed by atoms with van der Waals surface area (Å²) in [6, 6.07) is 23.7. The lowest BCUT2D eigenvalue weighted by Crippen LogP contribution is -2.16. The molecule has 3 rings (SSSR count). The molecule has 2 N–H and O–H groups in total. The van der Waals surface area contributed by atoms with Crippen molar-refractivity contribution in [3.05, 3.63) is 89.5 Å². The van der Waals surface area contributed by atoms with Crippen molar-refractivity contribution in [2.24, 2.45) is 0 Å². The van der Waals surface area contributed by atoms with Gasteiger partial charge in [0.25, 0.3) is 5.91 Å². The molecule has 3 heteroatoms. The van der Waals surface area contributed by atoms with Crippen LogP contribution in [0.2, 0.25) is 0 Å². The van der Waals surface area contributed by atoms with Gasteiger partial charge in [0, 0.05) is 11.4 Å². The molecule has 0 unspecified atom stereocenters. The maximum absolute atomic E-state index is 13.0. The lowest BCUT2D eigenvalue weighted by Gasteiger charge is -2.16. The first kappa shape index (κ1) is 17.7. The Labute approximate surface area is 155 Å². The zero-order valence-electron chi connectivity index (χ0n) is 15.3. The molecule has 3 nitrogen and oxygen atoms in total. The number of carbonyl (C=O) groups is 1. The Hall–Kier alpha value is -3.07. The van der Waals surface area contributed by atoms with Crippen molar-refractivity contribution < 1.29 is 4.79 Å². The second-order valence-corrected chi connectivity index (χ2v) is 6.15. The molecule has 0 aliphatic rings. The Kier molecular flexibility index (Phi) is 5.69. The van der Waals surface area contributed by atoms with E-state index >= 15 is 0 Å². The number of para-hydroxylation sites is 3. The molecular formula is C23H24N2O. The summed E-state index contributed by atoms with van der Waals surface area (Å²) in [6.45, 7) is 4.21. The van der Waals surface area contributed by atoms with Crippen molar-refractivity contribution >= 4 is 23.0 Å². The molecule has 0 bridgehead atoms. The minimum absolute atomic E-state index is 0.0976. The molecule has 3 aromatic rings. The van der Waals surface area contributed by atoms with Gasteiger partial charge in [0.15, 0.2) is 0 Å². The van der Waals surface area contributed by atoms with Crippen LogP contribution in [0.15, 0.2) is 72.8 Å². The fourth-order valence-corrected chi connectivity index (χ4v) is 3.05. The van der Waals surface area contributed by atoms with E-state index in [1.807, 2.05) is 54.6 Å². The Morgan fingerprint density at radius 2 is 1.38 bits per heavy atom. The maximum Gasteiger partial charge on any atom is 0.257 e. The Bertz CT molecular complexity index is 865. The van der Waals surface area contributed by atoms with Gasteiger partial charge in [0.1, 0.15) is 0 Å². The third kappa shape index (κ3) is 3.94. The van der Waals surface area contributed by atoms with Crippen molar-refractivity contribution in [3.63, 3.8) is 0 Å². The first-order valence-corrected chi connectivity index (χ1v) is 9.06. The molecule has 0 saturated carbocycles. The van der Waals surface area contributed by atoms with Crippen molar-refractivity contribution in [2.45, 2.75) is 26.7 Å². The second-order valence-electron chi connectivity index (χ2n) is 6.15. The van der Waals surface area contributed by atoms with Gasteiger partial charge in [-0.2, -0.15) is 0 Å². The topological polar surface area (TPSA) is 41.1 Å². The number of anilines is 3. The van der Waals surface area contributed by atoms with E-state index in [1.165, 1.54) is 0 Å². The highest BCUT2D eigenvalue weighted by Crippen LogP contribution is 2.26. The smallest absolute Gasteiger partial charge is 0.257 e. The Morgan fingerprint density at radius 3 is 2.04 bits per heavy atom. The average Bonchev–Trinajstić information content (AvgIpc) is 2.69. The minimum Gasteiger partial charge on any atom is -0.355 e. The van der Waals surface area contributed by atoms with E-state index < -0.39 is 0 Å². The molecular weight excluding hydrogens is 320 g/mol. The molecule has 3 aromatic carbocycles. The molecule has 0 fully saturated rings. The number of amides is 1. The van der Waals surface area contributed by atoms with Crippen LogP contribution < -0.4 is 10.6 Å². The van der Waals surface area contributed by atoms with E-state index in [4.69, 9.17) is 0 Å². The molecule has 0 aliphatic carbocycles. The lowest BCUT2D eigenvalue weighted by atomic mass is 10.0. The zero-order valence-corrected chi connectivity index (χ0v) is 15.3. The van der Waals surface area contributed by atoms with Crippen LogP contribution in [0.5, 0.6) is 0 Å². The van der Waals surface area contributed by atoms with E-state index in [0.29, 0.717) is 5.56 Å². The first-order chi connectivity index (χ1) is 12.7. The molecule has 132 valence electrons. The van der Waals surface area contributed by atoms with E-state index in [0.717, 1.165) is 41.0 Å². The van der Waals surface area contributed by atoms with Crippen LogP contribution in [0.1, 0.15) is 35.3 Å². The van der Waals surface area contributed by atoms with E-state index in [1.54, 1.807) is 0 Å². The molecule has 1 amide bonds. The second kappa shape index (κ2) is 8.34. The third-order valence-corrected chi connectivity index (χ3v) is 4.46. The molecule has 0 atom stereocenters. The van der Waals surface area contributed by atoms with Crippen molar-refractivity contribution in [3.8, 4) is 0 Å². The number of nitrogens with one attached hydrogen (secondary N) is 2. The normalized spacial score (nSPS) is 10.4. The quantitative estimate of drug-likeness (QED) is 0.592. The van der Waals surface area contributed by atoms with E-state index in [9.17, 15) is 4.79 Å². The Morgan fingerprint density at radius 1 is 0.769 bits per heavy atom. The van der Waals surface area contributed by atoms with Gasteiger partial charge in [-0.3, -0.25) is 4.79 Å². The highest BCUT2D eigenvalue weighted by molar-refractivity contribution is 6.09. The lowest BCUT2D eigenvalue weighted by molar-refractivity contribution is 0.102. The average molecular weight is 344 g/mol. The number of carbonyl (C=O) groups excluding carboxylic acids is 1. The molecule has 0 aromatic heterocycles. The van der Waals surface area contributed by atoms with Crippen LogP contribution in [0.25, 0.3) is 0 Å². The summed E-state index contributed by atoms with van der Waals surface area (Å²) in [5.74, 6) is -0.0976. The molecule has 0 aliphatic heterocycles. The minimum atomic E-state index is -0.0976. The number of hydrogen-bond acceptors (Lipinski definition) is 2. The number of rotatable bonds is 6. The summed E-state index contributed by atoms with van der Waals surface area (Å²) in [5.41, 5.74) is 5.64. The van der Waals surface area contributed by atoms with Gasteiger partial charge >= 0.3 is 0 Å². The summed E-state index contributed by atoms with van der Waals surface area (Å²) in [5, 5.41) is 6.48. The molecule has 0 radical (unpaired) electrons. The standard InChI is InChI=1S/C23H24N2O/c1-3-17-11-10-12-18(4-2)22(17)25-23(26)20-15-8-9-16-21(20)24-19-13-6-5-7-14-19/h5-16,24H,3-4H2,1-2H3,(H,25,26). The van der Waals surface area contributed by atoms with Crippen molar-refractivity contribution in [2.75, 3.05) is 10.6 Å². The number of benzene rings is 3. The number of aryl methyl sites for hydroxylation is 2. The fourth-order valence-electron chi connectivity index (χ4n) is 3.05. The number of hydrogen-bond donors (Lipinski definition) is 2. The van der Waals surface area contributed by atoms with Gasteiger partial charge in [-0.15, -0.1) is 0 Å². The summed E-state index contributed by atoms with van der Waals surface area (Å²) >= 11 is 0. The van der Waals surface area contributed by atoms with Crippen LogP contribution >= 0.6 is 0 Å². The SMILES string of the molecule is CCc1cccc(CC)c1NC(=O)c1ccccc1Nc1ccccc1. The predicted octanol–water partition coefficient (Wildman–Crippen LogP) is 5.81. The largest absolute Gasteiger partial charge is 0.355 e. The highest BCUT2D eigenvalue weighted by atomic mass is 16.1.